The smallest absolute Gasteiger partial charge is 0.264 e. The number of hydrogen-bond donors (Lipinski definition) is 1. The third kappa shape index (κ3) is 8.45. The number of para-hydroxylation sites is 1. The van der Waals surface area contributed by atoms with Crippen LogP contribution in [0.3, 0.4) is 0 Å². The number of aryl methyl sites for hydroxylation is 1. The normalized spacial score (nSPS) is 11.7. The number of anilines is 1. The molecule has 47 heavy (non-hydrogen) atoms. The summed E-state index contributed by atoms with van der Waals surface area (Å²) in [6, 6.07) is 40.0. The Labute approximate surface area is 276 Å². The van der Waals surface area contributed by atoms with Crippen LogP contribution in [-0.2, 0) is 32.6 Å². The van der Waals surface area contributed by atoms with Crippen molar-refractivity contribution in [1.29, 1.82) is 0 Å². The highest BCUT2D eigenvalue weighted by atomic mass is 32.2. The lowest BCUT2D eigenvalue weighted by molar-refractivity contribution is -0.139. The molecule has 0 aliphatic carbocycles. The molecule has 0 radical (unpaired) electrons. The molecule has 0 unspecified atom stereocenters. The molecule has 1 atom stereocenters. The Kier molecular flexibility index (Phi) is 10.7. The third-order valence-electron chi connectivity index (χ3n) is 7.67. The van der Waals surface area contributed by atoms with Gasteiger partial charge in [-0.3, -0.25) is 13.9 Å². The molecule has 0 aliphatic heterocycles. The second-order valence-corrected chi connectivity index (χ2v) is 12.9. The molecule has 0 heterocycles. The summed E-state index contributed by atoms with van der Waals surface area (Å²) < 4.78 is 35.3. The maximum absolute atomic E-state index is 14.5. The summed E-state index contributed by atoms with van der Waals surface area (Å²) in [4.78, 5) is 29.4. The van der Waals surface area contributed by atoms with Gasteiger partial charge < -0.3 is 15.0 Å². The van der Waals surface area contributed by atoms with E-state index in [1.165, 1.54) is 24.1 Å². The van der Waals surface area contributed by atoms with E-state index in [0.29, 0.717) is 11.5 Å². The van der Waals surface area contributed by atoms with Gasteiger partial charge in [-0.15, -0.1) is 0 Å². The number of likely N-dealkylation sites (N-methyl/N-ethyl adjacent to an activating group) is 1. The van der Waals surface area contributed by atoms with Crippen LogP contribution >= 0.6 is 0 Å². The second kappa shape index (κ2) is 15.2. The van der Waals surface area contributed by atoms with E-state index in [-0.39, 0.29) is 29.5 Å². The summed E-state index contributed by atoms with van der Waals surface area (Å²) >= 11 is 0. The number of nitrogens with one attached hydrogen (secondary N) is 1. The first-order chi connectivity index (χ1) is 22.7. The Balaban J connectivity index is 1.53. The molecule has 0 saturated heterocycles. The quantitative estimate of drug-likeness (QED) is 0.160. The van der Waals surface area contributed by atoms with Gasteiger partial charge in [0.2, 0.25) is 11.8 Å². The predicted octanol–water partition coefficient (Wildman–Crippen LogP) is 6.37. The van der Waals surface area contributed by atoms with Crippen LogP contribution in [-0.4, -0.2) is 44.8 Å². The summed E-state index contributed by atoms with van der Waals surface area (Å²) in [7, 11) is -2.67. The molecule has 0 bridgehead atoms. The molecule has 1 N–H and O–H groups in total. The lowest BCUT2D eigenvalue weighted by Gasteiger charge is -2.33. The molecule has 0 saturated carbocycles. The van der Waals surface area contributed by atoms with Crippen LogP contribution in [0.4, 0.5) is 5.69 Å². The fraction of sp³-hybridized carbons (Fsp3) is 0.158. The Morgan fingerprint density at radius 2 is 1.30 bits per heavy atom. The average Bonchev–Trinajstić information content (AvgIpc) is 3.10. The first-order valence-corrected chi connectivity index (χ1v) is 16.7. The highest BCUT2D eigenvalue weighted by molar-refractivity contribution is 7.92. The number of rotatable bonds is 13. The fourth-order valence-corrected chi connectivity index (χ4v) is 6.72. The van der Waals surface area contributed by atoms with E-state index in [4.69, 9.17) is 4.74 Å². The lowest BCUT2D eigenvalue weighted by Crippen LogP contribution is -2.53. The zero-order valence-electron chi connectivity index (χ0n) is 26.3. The van der Waals surface area contributed by atoms with Crippen LogP contribution in [0.15, 0.2) is 144 Å². The molecule has 0 aromatic heterocycles. The molecular weight excluding hydrogens is 611 g/mol. The van der Waals surface area contributed by atoms with E-state index < -0.39 is 28.5 Å². The second-order valence-electron chi connectivity index (χ2n) is 11.1. The topological polar surface area (TPSA) is 96.0 Å². The molecule has 9 heteroatoms. The van der Waals surface area contributed by atoms with Gasteiger partial charge in [-0.05, 0) is 66.6 Å². The highest BCUT2D eigenvalue weighted by Gasteiger charge is 2.34. The fourth-order valence-electron chi connectivity index (χ4n) is 5.28. The maximum Gasteiger partial charge on any atom is 0.264 e. The van der Waals surface area contributed by atoms with Crippen molar-refractivity contribution in [2.75, 3.05) is 17.9 Å². The minimum Gasteiger partial charge on any atom is -0.457 e. The van der Waals surface area contributed by atoms with Crippen LogP contribution in [0.1, 0.15) is 16.7 Å². The van der Waals surface area contributed by atoms with E-state index in [0.717, 1.165) is 21.0 Å². The SMILES string of the molecule is CNC(=O)[C@@H](Cc1ccccc1)N(Cc1cccc(C)c1)C(=O)CN(c1ccc(Oc2ccccc2)cc1)S(=O)(=O)c1ccccc1. The number of benzene rings is 5. The van der Waals surface area contributed by atoms with E-state index in [1.54, 1.807) is 42.5 Å². The first kappa shape index (κ1) is 33.0. The average molecular weight is 648 g/mol. The zero-order valence-corrected chi connectivity index (χ0v) is 27.1. The first-order valence-electron chi connectivity index (χ1n) is 15.3. The number of ether oxygens (including phenoxy) is 1. The van der Waals surface area contributed by atoms with Crippen molar-refractivity contribution in [2.24, 2.45) is 0 Å². The van der Waals surface area contributed by atoms with Crippen LogP contribution in [0.25, 0.3) is 0 Å². The van der Waals surface area contributed by atoms with Crippen molar-refractivity contribution in [2.45, 2.75) is 30.8 Å². The van der Waals surface area contributed by atoms with Gasteiger partial charge in [0.1, 0.15) is 24.1 Å². The molecule has 8 nitrogen and oxygen atoms in total. The highest BCUT2D eigenvalue weighted by Crippen LogP contribution is 2.29. The Bertz CT molecular complexity index is 1890. The van der Waals surface area contributed by atoms with Crippen LogP contribution < -0.4 is 14.4 Å². The number of hydrogen-bond acceptors (Lipinski definition) is 5. The van der Waals surface area contributed by atoms with Gasteiger partial charge >= 0.3 is 0 Å². The zero-order chi connectivity index (χ0) is 33.2. The van der Waals surface area contributed by atoms with Gasteiger partial charge in [0, 0.05) is 20.0 Å². The molecule has 0 aliphatic rings. The van der Waals surface area contributed by atoms with Gasteiger partial charge in [-0.25, -0.2) is 8.42 Å². The molecule has 5 aromatic rings. The largest absolute Gasteiger partial charge is 0.457 e. The number of nitrogens with zero attached hydrogens (tertiary/aromatic N) is 2. The Hall–Kier alpha value is -5.41. The molecule has 2 amide bonds. The van der Waals surface area contributed by atoms with Gasteiger partial charge in [0.25, 0.3) is 10.0 Å². The molecule has 0 spiro atoms. The Morgan fingerprint density at radius 1 is 0.723 bits per heavy atom. The van der Waals surface area contributed by atoms with E-state index >= 15 is 0 Å². The minimum absolute atomic E-state index is 0.0368. The van der Waals surface area contributed by atoms with Gasteiger partial charge in [0.05, 0.1) is 10.6 Å². The summed E-state index contributed by atoms with van der Waals surface area (Å²) in [6.45, 7) is 1.52. The summed E-state index contributed by atoms with van der Waals surface area (Å²) in [5, 5.41) is 2.71. The van der Waals surface area contributed by atoms with Crippen molar-refractivity contribution in [1.82, 2.24) is 10.2 Å². The van der Waals surface area contributed by atoms with Crippen molar-refractivity contribution in [3.63, 3.8) is 0 Å². The number of sulfonamides is 1. The van der Waals surface area contributed by atoms with Gasteiger partial charge in [-0.1, -0.05) is 96.6 Å². The molecule has 240 valence electrons. The third-order valence-corrected chi connectivity index (χ3v) is 9.45. The van der Waals surface area contributed by atoms with Crippen molar-refractivity contribution >= 4 is 27.5 Å². The molecular formula is C38H37N3O5S. The van der Waals surface area contributed by atoms with Crippen LogP contribution in [0.2, 0.25) is 0 Å². The van der Waals surface area contributed by atoms with Crippen molar-refractivity contribution in [3.05, 3.63) is 156 Å². The maximum atomic E-state index is 14.5. The van der Waals surface area contributed by atoms with Crippen molar-refractivity contribution in [3.8, 4) is 11.5 Å². The van der Waals surface area contributed by atoms with Crippen LogP contribution in [0.5, 0.6) is 11.5 Å². The monoisotopic (exact) mass is 647 g/mol. The molecule has 5 rings (SSSR count). The van der Waals surface area contributed by atoms with E-state index in [2.05, 4.69) is 5.32 Å². The lowest BCUT2D eigenvalue weighted by atomic mass is 10.0. The van der Waals surface area contributed by atoms with E-state index in [9.17, 15) is 18.0 Å². The number of amides is 2. The number of carbonyl (C=O) groups is 2. The standard InChI is InChI=1S/C38H37N3O5S/c1-29-13-12-16-31(25-29)27-40(36(38(43)39-2)26-30-14-6-3-7-15-30)37(42)28-41(47(44,45)35-19-10-5-11-20-35)32-21-23-34(24-22-32)46-33-17-8-4-9-18-33/h3-25,36H,26-28H2,1-2H3,(H,39,43)/t36-/m1/s1. The van der Waals surface area contributed by atoms with Crippen LogP contribution in [0, 0.1) is 6.92 Å². The van der Waals surface area contributed by atoms with Gasteiger partial charge in [-0.2, -0.15) is 0 Å². The number of carbonyl (C=O) groups excluding carboxylic acids is 2. The van der Waals surface area contributed by atoms with Crippen molar-refractivity contribution < 1.29 is 22.7 Å². The van der Waals surface area contributed by atoms with E-state index in [1.807, 2.05) is 91.9 Å². The summed E-state index contributed by atoms with van der Waals surface area (Å²) in [5.74, 6) is 0.261. The summed E-state index contributed by atoms with van der Waals surface area (Å²) in [6.07, 6.45) is 0.245. The molecule has 0 fully saturated rings. The summed E-state index contributed by atoms with van der Waals surface area (Å²) in [5.41, 5.74) is 2.96. The van der Waals surface area contributed by atoms with Gasteiger partial charge in [0.15, 0.2) is 0 Å². The molecule has 5 aromatic carbocycles. The predicted molar refractivity (Wildman–Crippen MR) is 184 cm³/mol. The Morgan fingerprint density at radius 3 is 1.91 bits per heavy atom. The minimum atomic E-state index is -4.20.